The Morgan fingerprint density at radius 1 is 1.31 bits per heavy atom. The molecule has 13 heavy (non-hydrogen) atoms. The van der Waals surface area contributed by atoms with Gasteiger partial charge in [0.15, 0.2) is 0 Å². The molecule has 0 saturated heterocycles. The number of nitrogens with zero attached hydrogens (tertiary/aromatic N) is 1. The lowest BCUT2D eigenvalue weighted by Gasteiger charge is -2.16. The molecule has 0 spiro atoms. The second-order valence-corrected chi connectivity index (χ2v) is 2.93. The molecule has 0 N–H and O–H groups in total. The van der Waals surface area contributed by atoms with Gasteiger partial charge in [-0.3, -0.25) is 0 Å². The van der Waals surface area contributed by atoms with E-state index in [2.05, 4.69) is 17.9 Å². The third-order valence-electron chi connectivity index (χ3n) is 1.72. The molecule has 0 amide bonds. The molecule has 1 rings (SSSR count). The van der Waals surface area contributed by atoms with Crippen LogP contribution >= 0.6 is 11.6 Å². The van der Waals surface area contributed by atoms with Crippen LogP contribution in [0.25, 0.3) is 0 Å². The van der Waals surface area contributed by atoms with Crippen molar-refractivity contribution in [2.45, 2.75) is 20.8 Å². The number of rotatable bonds is 2. The number of benzene rings is 1. The lowest BCUT2D eigenvalue weighted by molar-refractivity contribution is 0.968. The normalized spacial score (nSPS) is 8.69. The fourth-order valence-corrected chi connectivity index (χ4v) is 1.08. The summed E-state index contributed by atoms with van der Waals surface area (Å²) in [5.74, 6) is 0. The van der Waals surface area contributed by atoms with Crippen LogP contribution in [-0.2, 0) is 0 Å². The molecule has 0 atom stereocenters. The molecule has 1 aromatic carbocycles. The Kier molecular flexibility index (Phi) is 6.43. The van der Waals surface area contributed by atoms with Crippen LogP contribution in [0, 0.1) is 0 Å². The number of hydrogen-bond donors (Lipinski definition) is 0. The van der Waals surface area contributed by atoms with Crippen LogP contribution in [0.5, 0.6) is 0 Å². The van der Waals surface area contributed by atoms with Crippen molar-refractivity contribution in [2.75, 3.05) is 18.5 Å². The summed E-state index contributed by atoms with van der Waals surface area (Å²) in [6.07, 6.45) is 0. The van der Waals surface area contributed by atoms with Gasteiger partial charge in [0.2, 0.25) is 0 Å². The molecule has 1 nitrogen and oxygen atoms in total. The molecule has 0 saturated carbocycles. The Balaban J connectivity index is 0.000000671. The molecule has 0 aromatic heterocycles. The van der Waals surface area contributed by atoms with Crippen molar-refractivity contribution in [3.05, 3.63) is 29.3 Å². The van der Waals surface area contributed by atoms with Gasteiger partial charge in [-0.05, 0) is 25.1 Å². The Bertz CT molecular complexity index is 235. The van der Waals surface area contributed by atoms with Crippen LogP contribution in [0.1, 0.15) is 20.8 Å². The summed E-state index contributed by atoms with van der Waals surface area (Å²) in [4.78, 5) is 2.14. The Hall–Kier alpha value is -0.690. The topological polar surface area (TPSA) is 3.24 Å². The minimum absolute atomic E-state index is 0.794. The third-order valence-corrected chi connectivity index (χ3v) is 1.96. The van der Waals surface area contributed by atoms with Crippen LogP contribution in [0.15, 0.2) is 24.3 Å². The average molecular weight is 200 g/mol. The van der Waals surface area contributed by atoms with Gasteiger partial charge < -0.3 is 4.90 Å². The van der Waals surface area contributed by atoms with Crippen molar-refractivity contribution in [2.24, 2.45) is 0 Å². The Morgan fingerprint density at radius 2 is 1.92 bits per heavy atom. The van der Waals surface area contributed by atoms with Crippen LogP contribution in [-0.4, -0.2) is 13.6 Å². The van der Waals surface area contributed by atoms with E-state index in [1.807, 2.05) is 39.1 Å². The predicted molar refractivity (Wildman–Crippen MR) is 61.7 cm³/mol. The van der Waals surface area contributed by atoms with E-state index in [0.717, 1.165) is 11.6 Å². The number of anilines is 1. The summed E-state index contributed by atoms with van der Waals surface area (Å²) in [6, 6.07) is 7.86. The molecule has 1 aromatic rings. The van der Waals surface area contributed by atoms with Crippen molar-refractivity contribution in [1.82, 2.24) is 0 Å². The zero-order chi connectivity index (χ0) is 10.3. The molecular formula is C11H18ClN. The first kappa shape index (κ1) is 12.3. The first-order chi connectivity index (χ1) is 6.24. The molecule has 0 aliphatic carbocycles. The minimum Gasteiger partial charge on any atom is -0.375 e. The quantitative estimate of drug-likeness (QED) is 0.700. The van der Waals surface area contributed by atoms with E-state index in [0.29, 0.717) is 0 Å². The smallest absolute Gasteiger partial charge is 0.0426 e. The zero-order valence-electron chi connectivity index (χ0n) is 8.84. The molecule has 0 bridgehead atoms. The SMILES string of the molecule is CC.CCN(C)c1cccc(Cl)c1. The first-order valence-electron chi connectivity index (χ1n) is 4.70. The van der Waals surface area contributed by atoms with Gasteiger partial charge in [-0.15, -0.1) is 0 Å². The van der Waals surface area contributed by atoms with E-state index in [4.69, 9.17) is 11.6 Å². The van der Waals surface area contributed by atoms with Crippen molar-refractivity contribution in [3.63, 3.8) is 0 Å². The summed E-state index contributed by atoms with van der Waals surface area (Å²) in [5, 5.41) is 0.794. The third kappa shape index (κ3) is 4.18. The minimum atomic E-state index is 0.794. The van der Waals surface area contributed by atoms with Crippen LogP contribution in [0.3, 0.4) is 0 Å². The standard InChI is InChI=1S/C9H12ClN.C2H6/c1-3-11(2)9-6-4-5-8(10)7-9;1-2/h4-7H,3H2,1-2H3;1-2H3. The van der Waals surface area contributed by atoms with E-state index < -0.39 is 0 Å². The zero-order valence-corrected chi connectivity index (χ0v) is 9.60. The molecule has 74 valence electrons. The summed E-state index contributed by atoms with van der Waals surface area (Å²) in [7, 11) is 2.05. The lowest BCUT2D eigenvalue weighted by atomic mass is 10.3. The van der Waals surface area contributed by atoms with Gasteiger partial charge in [-0.2, -0.15) is 0 Å². The number of halogens is 1. The van der Waals surface area contributed by atoms with Crippen molar-refractivity contribution < 1.29 is 0 Å². The lowest BCUT2D eigenvalue weighted by Crippen LogP contribution is -2.15. The van der Waals surface area contributed by atoms with Gasteiger partial charge in [0.25, 0.3) is 0 Å². The maximum Gasteiger partial charge on any atom is 0.0426 e. The Labute approximate surface area is 86.3 Å². The fraction of sp³-hybridized carbons (Fsp3) is 0.455. The van der Waals surface area contributed by atoms with E-state index in [1.165, 1.54) is 5.69 Å². The predicted octanol–water partition coefficient (Wildman–Crippen LogP) is 3.82. The number of hydrogen-bond acceptors (Lipinski definition) is 1. The highest BCUT2D eigenvalue weighted by Gasteiger charge is 1.96. The van der Waals surface area contributed by atoms with Gasteiger partial charge >= 0.3 is 0 Å². The van der Waals surface area contributed by atoms with Gasteiger partial charge in [0.05, 0.1) is 0 Å². The van der Waals surface area contributed by atoms with Gasteiger partial charge in [0, 0.05) is 24.3 Å². The molecule has 0 aliphatic heterocycles. The van der Waals surface area contributed by atoms with Gasteiger partial charge in [0.1, 0.15) is 0 Å². The highest BCUT2D eigenvalue weighted by Crippen LogP contribution is 2.17. The molecule has 0 radical (unpaired) electrons. The van der Waals surface area contributed by atoms with Crippen LogP contribution < -0.4 is 4.90 Å². The molecule has 0 unspecified atom stereocenters. The van der Waals surface area contributed by atoms with Crippen molar-refractivity contribution in [1.29, 1.82) is 0 Å². The highest BCUT2D eigenvalue weighted by molar-refractivity contribution is 6.30. The second kappa shape index (κ2) is 6.79. The summed E-state index contributed by atoms with van der Waals surface area (Å²) < 4.78 is 0. The summed E-state index contributed by atoms with van der Waals surface area (Å²) in [6.45, 7) is 7.11. The molecule has 0 aliphatic rings. The van der Waals surface area contributed by atoms with E-state index >= 15 is 0 Å². The Morgan fingerprint density at radius 3 is 2.38 bits per heavy atom. The van der Waals surface area contributed by atoms with Crippen LogP contribution in [0.4, 0.5) is 5.69 Å². The molecular weight excluding hydrogens is 182 g/mol. The average Bonchev–Trinajstić information content (AvgIpc) is 2.20. The monoisotopic (exact) mass is 199 g/mol. The second-order valence-electron chi connectivity index (χ2n) is 2.49. The highest BCUT2D eigenvalue weighted by atomic mass is 35.5. The van der Waals surface area contributed by atoms with Crippen LogP contribution in [0.2, 0.25) is 5.02 Å². The molecule has 0 fully saturated rings. The summed E-state index contributed by atoms with van der Waals surface area (Å²) >= 11 is 5.82. The van der Waals surface area contributed by atoms with E-state index in [9.17, 15) is 0 Å². The maximum atomic E-state index is 5.82. The van der Waals surface area contributed by atoms with Crippen molar-refractivity contribution in [3.8, 4) is 0 Å². The van der Waals surface area contributed by atoms with E-state index in [1.54, 1.807) is 0 Å². The summed E-state index contributed by atoms with van der Waals surface area (Å²) in [5.41, 5.74) is 1.17. The van der Waals surface area contributed by atoms with Gasteiger partial charge in [-0.1, -0.05) is 31.5 Å². The first-order valence-corrected chi connectivity index (χ1v) is 5.08. The maximum absolute atomic E-state index is 5.82. The van der Waals surface area contributed by atoms with E-state index in [-0.39, 0.29) is 0 Å². The molecule has 0 heterocycles. The largest absolute Gasteiger partial charge is 0.375 e. The van der Waals surface area contributed by atoms with Crippen molar-refractivity contribution >= 4 is 17.3 Å². The fourth-order valence-electron chi connectivity index (χ4n) is 0.896. The molecule has 2 heteroatoms. The van der Waals surface area contributed by atoms with Gasteiger partial charge in [-0.25, -0.2) is 0 Å².